The molecule has 3 rings (SSSR count). The number of rotatable bonds is 7. The molecule has 0 aliphatic heterocycles. The molecule has 0 aliphatic rings. The molecule has 0 aliphatic carbocycles. The SMILES string of the molecule is CC(C)[C@H](NC(=O)c1ccco1)C(=O)OCc1csc(-c2ccco2)n1. The van der Waals surface area contributed by atoms with Gasteiger partial charge in [-0.15, -0.1) is 11.3 Å². The van der Waals surface area contributed by atoms with E-state index in [1.165, 1.54) is 23.7 Å². The van der Waals surface area contributed by atoms with E-state index in [2.05, 4.69) is 10.3 Å². The second-order valence-electron chi connectivity index (χ2n) is 5.90. The molecule has 0 fully saturated rings. The molecule has 3 aromatic rings. The second kappa shape index (κ2) is 8.01. The van der Waals surface area contributed by atoms with Crippen molar-refractivity contribution in [3.8, 4) is 10.8 Å². The minimum Gasteiger partial charge on any atom is -0.462 e. The van der Waals surface area contributed by atoms with E-state index in [0.29, 0.717) is 16.5 Å². The molecule has 0 aromatic carbocycles. The number of hydrogen-bond donors (Lipinski definition) is 1. The smallest absolute Gasteiger partial charge is 0.329 e. The average Bonchev–Trinajstić information content (AvgIpc) is 3.38. The molecule has 0 spiro atoms. The highest BCUT2D eigenvalue weighted by atomic mass is 32.1. The zero-order valence-electron chi connectivity index (χ0n) is 14.3. The monoisotopic (exact) mass is 374 g/mol. The summed E-state index contributed by atoms with van der Waals surface area (Å²) < 4.78 is 15.7. The van der Waals surface area contributed by atoms with Gasteiger partial charge in [0.2, 0.25) is 0 Å². The summed E-state index contributed by atoms with van der Waals surface area (Å²) in [4.78, 5) is 28.9. The maximum Gasteiger partial charge on any atom is 0.329 e. The molecule has 0 unspecified atom stereocenters. The molecule has 0 saturated heterocycles. The van der Waals surface area contributed by atoms with Gasteiger partial charge in [-0.2, -0.15) is 0 Å². The van der Waals surface area contributed by atoms with Crippen molar-refractivity contribution in [3.63, 3.8) is 0 Å². The maximum atomic E-state index is 12.4. The third kappa shape index (κ3) is 4.20. The Morgan fingerprint density at radius 1 is 1.23 bits per heavy atom. The lowest BCUT2D eigenvalue weighted by Crippen LogP contribution is -2.45. The van der Waals surface area contributed by atoms with Crippen LogP contribution in [0.3, 0.4) is 0 Å². The molecule has 26 heavy (non-hydrogen) atoms. The molecule has 8 heteroatoms. The number of thiazole rings is 1. The van der Waals surface area contributed by atoms with Crippen LogP contribution >= 0.6 is 11.3 Å². The van der Waals surface area contributed by atoms with Crippen molar-refractivity contribution < 1.29 is 23.2 Å². The summed E-state index contributed by atoms with van der Waals surface area (Å²) in [5.74, 6) is -0.313. The van der Waals surface area contributed by atoms with Crippen molar-refractivity contribution in [2.24, 2.45) is 5.92 Å². The number of nitrogens with zero attached hydrogens (tertiary/aromatic N) is 1. The summed E-state index contributed by atoms with van der Waals surface area (Å²) in [6.45, 7) is 3.67. The third-order valence-corrected chi connectivity index (χ3v) is 4.50. The minimum atomic E-state index is -0.782. The van der Waals surface area contributed by atoms with Crippen LogP contribution in [0.4, 0.5) is 0 Å². The van der Waals surface area contributed by atoms with E-state index in [1.807, 2.05) is 19.9 Å². The van der Waals surface area contributed by atoms with E-state index in [-0.39, 0.29) is 18.3 Å². The van der Waals surface area contributed by atoms with Crippen molar-refractivity contribution in [1.29, 1.82) is 0 Å². The Morgan fingerprint density at radius 3 is 2.65 bits per heavy atom. The van der Waals surface area contributed by atoms with Gasteiger partial charge in [-0.3, -0.25) is 4.79 Å². The van der Waals surface area contributed by atoms with Gasteiger partial charge < -0.3 is 18.9 Å². The van der Waals surface area contributed by atoms with E-state index >= 15 is 0 Å². The fraction of sp³-hybridized carbons (Fsp3) is 0.278. The lowest BCUT2D eigenvalue weighted by atomic mass is 10.0. The van der Waals surface area contributed by atoms with E-state index < -0.39 is 17.9 Å². The first-order chi connectivity index (χ1) is 12.5. The van der Waals surface area contributed by atoms with Crippen LogP contribution in [-0.4, -0.2) is 22.9 Å². The van der Waals surface area contributed by atoms with Gasteiger partial charge in [0, 0.05) is 5.38 Å². The lowest BCUT2D eigenvalue weighted by Gasteiger charge is -2.20. The number of esters is 1. The van der Waals surface area contributed by atoms with Crippen molar-refractivity contribution in [2.75, 3.05) is 0 Å². The Hall–Kier alpha value is -2.87. The molecule has 136 valence electrons. The van der Waals surface area contributed by atoms with Crippen molar-refractivity contribution >= 4 is 23.2 Å². The second-order valence-corrected chi connectivity index (χ2v) is 6.76. The first kappa shape index (κ1) is 17.9. The standard InChI is InChI=1S/C18H18N2O5S/c1-11(2)15(20-16(21)13-5-3-7-23-13)18(22)25-9-12-10-26-17(19-12)14-6-4-8-24-14/h3-8,10-11,15H,9H2,1-2H3,(H,20,21)/t15-/m0/s1. The Balaban J connectivity index is 1.59. The number of carbonyl (C=O) groups excluding carboxylic acids is 2. The fourth-order valence-corrected chi connectivity index (χ4v) is 3.01. The van der Waals surface area contributed by atoms with Crippen LogP contribution in [0.15, 0.2) is 51.0 Å². The van der Waals surface area contributed by atoms with Gasteiger partial charge in [0.05, 0.1) is 18.2 Å². The predicted octanol–water partition coefficient (Wildman–Crippen LogP) is 3.49. The Labute approximate surface area is 154 Å². The Morgan fingerprint density at radius 2 is 2.00 bits per heavy atom. The molecule has 1 amide bonds. The zero-order valence-corrected chi connectivity index (χ0v) is 15.1. The van der Waals surface area contributed by atoms with Crippen molar-refractivity contribution in [2.45, 2.75) is 26.5 Å². The number of carbonyl (C=O) groups is 2. The zero-order chi connectivity index (χ0) is 18.5. The van der Waals surface area contributed by atoms with Gasteiger partial charge in [0.1, 0.15) is 12.6 Å². The summed E-state index contributed by atoms with van der Waals surface area (Å²) in [5, 5.41) is 5.16. The topological polar surface area (TPSA) is 94.6 Å². The van der Waals surface area contributed by atoms with Gasteiger partial charge in [-0.1, -0.05) is 13.8 Å². The molecule has 3 aromatic heterocycles. The van der Waals surface area contributed by atoms with Crippen LogP contribution in [0.5, 0.6) is 0 Å². The molecular weight excluding hydrogens is 356 g/mol. The van der Waals surface area contributed by atoms with E-state index in [4.69, 9.17) is 13.6 Å². The molecule has 3 heterocycles. The largest absolute Gasteiger partial charge is 0.462 e. The quantitative estimate of drug-likeness (QED) is 0.636. The number of aromatic nitrogens is 1. The number of hydrogen-bond acceptors (Lipinski definition) is 7. The number of furan rings is 2. The molecule has 0 saturated carbocycles. The average molecular weight is 374 g/mol. The first-order valence-corrected chi connectivity index (χ1v) is 8.92. The van der Waals surface area contributed by atoms with Gasteiger partial charge in [0.25, 0.3) is 5.91 Å². The van der Waals surface area contributed by atoms with Crippen LogP contribution in [0, 0.1) is 5.92 Å². The maximum absolute atomic E-state index is 12.4. The summed E-state index contributed by atoms with van der Waals surface area (Å²) in [7, 11) is 0. The molecule has 1 N–H and O–H groups in total. The minimum absolute atomic E-state index is 0.0237. The number of ether oxygens (including phenoxy) is 1. The molecule has 0 bridgehead atoms. The highest BCUT2D eigenvalue weighted by Gasteiger charge is 2.27. The summed E-state index contributed by atoms with van der Waals surface area (Å²) in [6, 6.07) is 5.95. The molecular formula is C18H18N2O5S. The molecule has 0 radical (unpaired) electrons. The first-order valence-electron chi connectivity index (χ1n) is 8.04. The molecule has 7 nitrogen and oxygen atoms in total. The lowest BCUT2D eigenvalue weighted by molar-refractivity contribution is -0.148. The third-order valence-electron chi connectivity index (χ3n) is 3.60. The summed E-state index contributed by atoms with van der Waals surface area (Å²) >= 11 is 1.40. The highest BCUT2D eigenvalue weighted by Crippen LogP contribution is 2.24. The van der Waals surface area contributed by atoms with Gasteiger partial charge >= 0.3 is 5.97 Å². The van der Waals surface area contributed by atoms with Crippen molar-refractivity contribution in [3.05, 3.63) is 53.6 Å². The van der Waals surface area contributed by atoms with Crippen molar-refractivity contribution in [1.82, 2.24) is 10.3 Å². The number of amides is 1. The summed E-state index contributed by atoms with van der Waals surface area (Å²) in [6.07, 6.45) is 2.97. The summed E-state index contributed by atoms with van der Waals surface area (Å²) in [5.41, 5.74) is 0.620. The Bertz CT molecular complexity index is 852. The van der Waals surface area contributed by atoms with Gasteiger partial charge in [-0.25, -0.2) is 9.78 Å². The van der Waals surface area contributed by atoms with Gasteiger partial charge in [0.15, 0.2) is 16.5 Å². The van der Waals surface area contributed by atoms with Crippen LogP contribution in [0.2, 0.25) is 0 Å². The van der Waals surface area contributed by atoms with Crippen LogP contribution in [-0.2, 0) is 16.1 Å². The van der Waals surface area contributed by atoms with E-state index in [9.17, 15) is 9.59 Å². The normalized spacial score (nSPS) is 12.1. The van der Waals surface area contributed by atoms with Crippen LogP contribution in [0.25, 0.3) is 10.8 Å². The number of nitrogens with one attached hydrogen (secondary N) is 1. The fourth-order valence-electron chi connectivity index (χ4n) is 2.24. The van der Waals surface area contributed by atoms with E-state index in [0.717, 1.165) is 0 Å². The predicted molar refractivity (Wildman–Crippen MR) is 94.4 cm³/mol. The van der Waals surface area contributed by atoms with Gasteiger partial charge in [-0.05, 0) is 30.2 Å². The van der Waals surface area contributed by atoms with Crippen LogP contribution in [0.1, 0.15) is 30.1 Å². The van der Waals surface area contributed by atoms with E-state index in [1.54, 1.807) is 23.8 Å². The Kier molecular flexibility index (Phi) is 5.52. The molecule has 1 atom stereocenters. The van der Waals surface area contributed by atoms with Crippen LogP contribution < -0.4 is 5.32 Å². The highest BCUT2D eigenvalue weighted by molar-refractivity contribution is 7.13.